The summed E-state index contributed by atoms with van der Waals surface area (Å²) in [4.78, 5) is 15.3. The summed E-state index contributed by atoms with van der Waals surface area (Å²) in [5.74, 6) is -0.135. The summed E-state index contributed by atoms with van der Waals surface area (Å²) in [5, 5.41) is 11.0. The Balaban J connectivity index is 2.15. The van der Waals surface area contributed by atoms with E-state index in [0.29, 0.717) is 18.1 Å². The van der Waals surface area contributed by atoms with Crippen molar-refractivity contribution in [2.24, 2.45) is 0 Å². The van der Waals surface area contributed by atoms with E-state index in [1.165, 1.54) is 17.4 Å². The number of aromatic nitrogens is 1. The minimum absolute atomic E-state index is 0.115. The van der Waals surface area contributed by atoms with E-state index < -0.39 is 5.97 Å². The standard InChI is InChI=1S/C14H15NO4S/c1-2-5-18-11-3-4-12(14(16)17)13(6-11)19-7-10-8-20-9-15-10/h3-4,6,8-9H,2,5,7H2,1H3,(H,16,17). The molecule has 20 heavy (non-hydrogen) atoms. The summed E-state index contributed by atoms with van der Waals surface area (Å²) < 4.78 is 11.0. The number of thiazole rings is 1. The number of nitrogens with zero attached hydrogens (tertiary/aromatic N) is 1. The van der Waals surface area contributed by atoms with Crippen molar-refractivity contribution in [3.05, 3.63) is 40.3 Å². The van der Waals surface area contributed by atoms with E-state index in [4.69, 9.17) is 14.6 Å². The van der Waals surface area contributed by atoms with Gasteiger partial charge in [0.15, 0.2) is 0 Å². The SMILES string of the molecule is CCCOc1ccc(C(=O)O)c(OCc2cscn2)c1. The molecule has 6 heteroatoms. The summed E-state index contributed by atoms with van der Waals surface area (Å²) >= 11 is 1.47. The largest absolute Gasteiger partial charge is 0.493 e. The van der Waals surface area contributed by atoms with E-state index in [9.17, 15) is 4.79 Å². The van der Waals surface area contributed by atoms with Crippen molar-refractivity contribution in [3.63, 3.8) is 0 Å². The van der Waals surface area contributed by atoms with Gasteiger partial charge in [-0.25, -0.2) is 9.78 Å². The number of aromatic carboxylic acids is 1. The lowest BCUT2D eigenvalue weighted by Gasteiger charge is -2.11. The van der Waals surface area contributed by atoms with E-state index in [1.807, 2.05) is 12.3 Å². The van der Waals surface area contributed by atoms with Crippen LogP contribution in [0.15, 0.2) is 29.1 Å². The van der Waals surface area contributed by atoms with Gasteiger partial charge < -0.3 is 14.6 Å². The van der Waals surface area contributed by atoms with Crippen LogP contribution in [-0.4, -0.2) is 22.7 Å². The topological polar surface area (TPSA) is 68.7 Å². The predicted octanol–water partition coefficient (Wildman–Crippen LogP) is 3.21. The van der Waals surface area contributed by atoms with Crippen LogP contribution in [0.2, 0.25) is 0 Å². The molecule has 0 aliphatic rings. The molecule has 0 saturated heterocycles. The molecule has 1 aromatic heterocycles. The van der Waals surface area contributed by atoms with Crippen LogP contribution in [0.25, 0.3) is 0 Å². The molecular weight excluding hydrogens is 278 g/mol. The zero-order chi connectivity index (χ0) is 14.4. The molecule has 106 valence electrons. The van der Waals surface area contributed by atoms with Crippen LogP contribution in [-0.2, 0) is 6.61 Å². The van der Waals surface area contributed by atoms with Crippen molar-refractivity contribution >= 4 is 17.3 Å². The van der Waals surface area contributed by atoms with Crippen LogP contribution in [0, 0.1) is 0 Å². The average Bonchev–Trinajstić information content (AvgIpc) is 2.96. The molecule has 1 heterocycles. The predicted molar refractivity (Wildman–Crippen MR) is 75.6 cm³/mol. The fourth-order valence-electron chi connectivity index (χ4n) is 1.57. The van der Waals surface area contributed by atoms with Gasteiger partial charge in [0.2, 0.25) is 0 Å². The smallest absolute Gasteiger partial charge is 0.339 e. The van der Waals surface area contributed by atoms with Gasteiger partial charge in [-0.3, -0.25) is 0 Å². The first kappa shape index (κ1) is 14.3. The Morgan fingerprint density at radius 2 is 2.25 bits per heavy atom. The maximum atomic E-state index is 11.2. The van der Waals surface area contributed by atoms with E-state index in [0.717, 1.165) is 12.1 Å². The molecule has 0 radical (unpaired) electrons. The van der Waals surface area contributed by atoms with Gasteiger partial charge in [0.25, 0.3) is 0 Å². The average molecular weight is 293 g/mol. The maximum Gasteiger partial charge on any atom is 0.339 e. The number of benzene rings is 1. The van der Waals surface area contributed by atoms with Gasteiger partial charge in [0.1, 0.15) is 23.7 Å². The highest BCUT2D eigenvalue weighted by atomic mass is 32.1. The van der Waals surface area contributed by atoms with Crippen molar-refractivity contribution in [1.29, 1.82) is 0 Å². The number of hydrogen-bond acceptors (Lipinski definition) is 5. The number of ether oxygens (including phenoxy) is 2. The summed E-state index contributed by atoms with van der Waals surface area (Å²) in [6.07, 6.45) is 0.885. The Kier molecular flexibility index (Phi) is 4.95. The molecule has 0 atom stereocenters. The first-order chi connectivity index (χ1) is 9.70. The third kappa shape index (κ3) is 3.71. The molecule has 2 aromatic rings. The Hall–Kier alpha value is -2.08. The van der Waals surface area contributed by atoms with Crippen LogP contribution in [0.3, 0.4) is 0 Å². The Morgan fingerprint density at radius 1 is 1.40 bits per heavy atom. The lowest BCUT2D eigenvalue weighted by molar-refractivity contribution is 0.0691. The molecule has 0 spiro atoms. The fraction of sp³-hybridized carbons (Fsp3) is 0.286. The number of carboxylic acid groups (broad SMARTS) is 1. The number of rotatable bonds is 7. The first-order valence-corrected chi connectivity index (χ1v) is 7.15. The monoisotopic (exact) mass is 293 g/mol. The van der Waals surface area contributed by atoms with Crippen molar-refractivity contribution < 1.29 is 19.4 Å². The highest BCUT2D eigenvalue weighted by Crippen LogP contribution is 2.26. The van der Waals surface area contributed by atoms with Gasteiger partial charge in [-0.15, -0.1) is 11.3 Å². The van der Waals surface area contributed by atoms with Gasteiger partial charge >= 0.3 is 5.97 Å². The van der Waals surface area contributed by atoms with Gasteiger partial charge in [0.05, 0.1) is 17.8 Å². The molecule has 2 rings (SSSR count). The van der Waals surface area contributed by atoms with Gasteiger partial charge in [-0.2, -0.15) is 0 Å². The van der Waals surface area contributed by atoms with Crippen molar-refractivity contribution in [2.75, 3.05) is 6.61 Å². The molecular formula is C14H15NO4S. The third-order valence-electron chi connectivity index (χ3n) is 2.52. The molecule has 0 amide bonds. The highest BCUT2D eigenvalue weighted by Gasteiger charge is 2.13. The lowest BCUT2D eigenvalue weighted by atomic mass is 10.2. The Bertz CT molecular complexity index is 569. The van der Waals surface area contributed by atoms with E-state index in [2.05, 4.69) is 4.98 Å². The lowest BCUT2D eigenvalue weighted by Crippen LogP contribution is -2.04. The van der Waals surface area contributed by atoms with Gasteiger partial charge in [-0.05, 0) is 18.6 Å². The van der Waals surface area contributed by atoms with Crippen LogP contribution in [0.4, 0.5) is 0 Å². The van der Waals surface area contributed by atoms with Crippen molar-refractivity contribution in [2.45, 2.75) is 20.0 Å². The summed E-state index contributed by atoms with van der Waals surface area (Å²) in [5.41, 5.74) is 2.59. The number of hydrogen-bond donors (Lipinski definition) is 1. The maximum absolute atomic E-state index is 11.2. The molecule has 1 aromatic carbocycles. The van der Waals surface area contributed by atoms with Crippen LogP contribution in [0.5, 0.6) is 11.5 Å². The van der Waals surface area contributed by atoms with Gasteiger partial charge in [-0.1, -0.05) is 6.92 Å². The molecule has 0 saturated carbocycles. The second-order valence-electron chi connectivity index (χ2n) is 4.08. The summed E-state index contributed by atoms with van der Waals surface area (Å²) in [6.45, 7) is 2.82. The van der Waals surface area contributed by atoms with Crippen LogP contribution < -0.4 is 9.47 Å². The van der Waals surface area contributed by atoms with E-state index in [1.54, 1.807) is 17.6 Å². The number of carbonyl (C=O) groups is 1. The molecule has 0 fully saturated rings. The molecule has 5 nitrogen and oxygen atoms in total. The third-order valence-corrected chi connectivity index (χ3v) is 3.15. The first-order valence-electron chi connectivity index (χ1n) is 6.20. The van der Waals surface area contributed by atoms with Crippen LogP contribution in [0.1, 0.15) is 29.4 Å². The second-order valence-corrected chi connectivity index (χ2v) is 4.80. The normalized spacial score (nSPS) is 10.2. The Labute approximate surface area is 120 Å². The van der Waals surface area contributed by atoms with Crippen LogP contribution >= 0.6 is 11.3 Å². The quantitative estimate of drug-likeness (QED) is 0.849. The highest BCUT2D eigenvalue weighted by molar-refractivity contribution is 7.07. The molecule has 0 aliphatic carbocycles. The molecule has 1 N–H and O–H groups in total. The minimum atomic E-state index is -1.03. The van der Waals surface area contributed by atoms with E-state index in [-0.39, 0.29) is 12.2 Å². The molecule has 0 aliphatic heterocycles. The van der Waals surface area contributed by atoms with Crippen molar-refractivity contribution in [3.8, 4) is 11.5 Å². The molecule has 0 unspecified atom stereocenters. The zero-order valence-corrected chi connectivity index (χ0v) is 11.9. The zero-order valence-electron chi connectivity index (χ0n) is 11.0. The summed E-state index contributed by atoms with van der Waals surface area (Å²) in [7, 11) is 0. The number of carboxylic acids is 1. The second kappa shape index (κ2) is 6.91. The van der Waals surface area contributed by atoms with Crippen molar-refractivity contribution in [1.82, 2.24) is 4.98 Å². The summed E-state index contributed by atoms with van der Waals surface area (Å²) in [6, 6.07) is 4.73. The molecule has 0 bridgehead atoms. The van der Waals surface area contributed by atoms with Gasteiger partial charge in [0, 0.05) is 11.4 Å². The fourth-order valence-corrected chi connectivity index (χ4v) is 2.11. The Morgan fingerprint density at radius 3 is 2.90 bits per heavy atom. The minimum Gasteiger partial charge on any atom is -0.493 e. The van der Waals surface area contributed by atoms with E-state index >= 15 is 0 Å².